The lowest BCUT2D eigenvalue weighted by atomic mass is 10.1. The Balaban J connectivity index is 1.94. The summed E-state index contributed by atoms with van der Waals surface area (Å²) in [6, 6.07) is 15.3. The minimum Gasteiger partial charge on any atom is -0.502 e. The van der Waals surface area contributed by atoms with Crippen molar-refractivity contribution in [3.8, 4) is 17.2 Å². The van der Waals surface area contributed by atoms with Gasteiger partial charge < -0.3 is 19.9 Å². The molecule has 37 heavy (non-hydrogen) atoms. The molecule has 0 saturated carbocycles. The first-order valence-corrected chi connectivity index (χ1v) is 10.9. The summed E-state index contributed by atoms with van der Waals surface area (Å²) in [6.45, 7) is 0. The number of methoxy groups -OCH3 is 2. The zero-order valence-electron chi connectivity index (χ0n) is 19.6. The zero-order valence-corrected chi connectivity index (χ0v) is 20.4. The Hall–Kier alpha value is -4.90. The molecule has 3 rings (SSSR count). The molecule has 0 aliphatic heterocycles. The molecule has 0 heterocycles. The van der Waals surface area contributed by atoms with E-state index >= 15 is 0 Å². The second-order valence-electron chi connectivity index (χ2n) is 7.31. The van der Waals surface area contributed by atoms with Gasteiger partial charge in [-0.05, 0) is 42.5 Å². The lowest BCUT2D eigenvalue weighted by molar-refractivity contribution is -0.385. The maximum atomic E-state index is 13.0. The summed E-state index contributed by atoms with van der Waals surface area (Å²) in [4.78, 5) is 36.1. The summed E-state index contributed by atoms with van der Waals surface area (Å²) < 4.78 is 10.6. The molecule has 3 N–H and O–H groups in total. The van der Waals surface area contributed by atoms with Crippen molar-refractivity contribution in [2.24, 2.45) is 5.10 Å². The molecule has 2 amide bonds. The summed E-state index contributed by atoms with van der Waals surface area (Å²) in [5.41, 5.74) is 2.03. The number of amides is 2. The van der Waals surface area contributed by atoms with Crippen LogP contribution in [-0.2, 0) is 4.79 Å². The molecule has 0 bridgehead atoms. The Kier molecular flexibility index (Phi) is 8.79. The summed E-state index contributed by atoms with van der Waals surface area (Å²) in [5.74, 6) is -1.18. The van der Waals surface area contributed by atoms with Crippen molar-refractivity contribution in [2.75, 3.05) is 14.2 Å². The van der Waals surface area contributed by atoms with Crippen molar-refractivity contribution in [1.82, 2.24) is 10.7 Å². The smallest absolute Gasteiger partial charge is 0.312 e. The molecule has 3 aromatic rings. The maximum absolute atomic E-state index is 13.0. The van der Waals surface area contributed by atoms with Gasteiger partial charge in [-0.15, -0.1) is 0 Å². The molecule has 12 heteroatoms. The fourth-order valence-electron chi connectivity index (χ4n) is 3.11. The van der Waals surface area contributed by atoms with E-state index in [2.05, 4.69) is 15.8 Å². The van der Waals surface area contributed by atoms with Gasteiger partial charge in [0.1, 0.15) is 17.2 Å². The first kappa shape index (κ1) is 26.7. The number of ether oxygens (including phenoxy) is 2. The molecule has 11 nitrogen and oxygen atoms in total. The van der Waals surface area contributed by atoms with Crippen LogP contribution in [0.3, 0.4) is 0 Å². The number of nitro benzene ring substituents is 1. The maximum Gasteiger partial charge on any atom is 0.312 e. The second-order valence-corrected chi connectivity index (χ2v) is 7.74. The van der Waals surface area contributed by atoms with Gasteiger partial charge in [0, 0.05) is 27.8 Å². The van der Waals surface area contributed by atoms with Crippen molar-refractivity contribution in [3.63, 3.8) is 0 Å². The number of halogens is 1. The lowest BCUT2D eigenvalue weighted by Gasteiger charge is -2.12. The number of phenolic OH excluding ortho intramolecular Hbond substituents is 1. The highest BCUT2D eigenvalue weighted by molar-refractivity contribution is 6.31. The van der Waals surface area contributed by atoms with Gasteiger partial charge in [0.2, 0.25) is 5.75 Å². The number of carbonyl (C=O) groups excluding carboxylic acids is 2. The number of rotatable bonds is 9. The Labute approximate surface area is 216 Å². The number of phenols is 1. The van der Waals surface area contributed by atoms with Gasteiger partial charge in [0.25, 0.3) is 11.8 Å². The number of nitro groups is 1. The van der Waals surface area contributed by atoms with Crippen LogP contribution in [0.15, 0.2) is 71.5 Å². The number of nitrogens with zero attached hydrogens (tertiary/aromatic N) is 2. The number of hydrogen-bond donors (Lipinski definition) is 3. The van der Waals surface area contributed by atoms with Crippen LogP contribution in [0.2, 0.25) is 5.02 Å². The summed E-state index contributed by atoms with van der Waals surface area (Å²) in [5, 5.41) is 27.5. The standard InChI is InChI=1S/C25H21ClN4O7/c1-36-19-8-9-22(37-2)16(11-19)12-20(28-24(32)15-6-4-3-5-7-15)25(33)29-27-14-17-10-18(26)13-21(23(17)31)30(34)35/h3-14,31H,1-2H3,(H,28,32)(H,29,33)/b20-12-,27-14+. The minimum atomic E-state index is -0.832. The largest absolute Gasteiger partial charge is 0.502 e. The van der Waals surface area contributed by atoms with Gasteiger partial charge in [-0.25, -0.2) is 5.43 Å². The van der Waals surface area contributed by atoms with Crippen LogP contribution in [0.1, 0.15) is 21.5 Å². The molecule has 0 aliphatic carbocycles. The molecule has 0 atom stereocenters. The highest BCUT2D eigenvalue weighted by atomic mass is 35.5. The van der Waals surface area contributed by atoms with Gasteiger partial charge in [-0.1, -0.05) is 29.8 Å². The molecule has 0 saturated heterocycles. The average Bonchev–Trinajstić information content (AvgIpc) is 2.90. The third kappa shape index (κ3) is 6.83. The summed E-state index contributed by atoms with van der Waals surface area (Å²) in [7, 11) is 2.92. The number of benzene rings is 3. The highest BCUT2D eigenvalue weighted by Crippen LogP contribution is 2.32. The number of aromatic hydroxyl groups is 1. The number of hydrogen-bond acceptors (Lipinski definition) is 8. The van der Waals surface area contributed by atoms with E-state index in [1.165, 1.54) is 26.4 Å². The zero-order chi connectivity index (χ0) is 26.9. The number of nitrogens with one attached hydrogen (secondary N) is 2. The molecule has 0 aliphatic rings. The van der Waals surface area contributed by atoms with Gasteiger partial charge >= 0.3 is 5.69 Å². The predicted octanol–water partition coefficient (Wildman–Crippen LogP) is 3.89. The second kappa shape index (κ2) is 12.2. The summed E-state index contributed by atoms with van der Waals surface area (Å²) >= 11 is 5.87. The molecule has 0 unspecified atom stereocenters. The Bertz CT molecular complexity index is 1390. The van der Waals surface area contributed by atoms with E-state index in [1.807, 2.05) is 0 Å². The molecule has 0 aromatic heterocycles. The van der Waals surface area contributed by atoms with Gasteiger partial charge in [0.15, 0.2) is 0 Å². The van der Waals surface area contributed by atoms with E-state index in [4.69, 9.17) is 21.1 Å². The number of carbonyl (C=O) groups is 2. The van der Waals surface area contributed by atoms with Crippen LogP contribution >= 0.6 is 11.6 Å². The molecular formula is C25H21ClN4O7. The first-order valence-electron chi connectivity index (χ1n) is 10.5. The molecule has 0 spiro atoms. The van der Waals surface area contributed by atoms with E-state index < -0.39 is 28.2 Å². The van der Waals surface area contributed by atoms with Gasteiger partial charge in [-0.3, -0.25) is 19.7 Å². The lowest BCUT2D eigenvalue weighted by Crippen LogP contribution is -2.32. The van der Waals surface area contributed by atoms with E-state index in [9.17, 15) is 24.8 Å². The first-order chi connectivity index (χ1) is 17.7. The third-order valence-electron chi connectivity index (χ3n) is 4.92. The van der Waals surface area contributed by atoms with Crippen LogP contribution < -0.4 is 20.2 Å². The average molecular weight is 525 g/mol. The van der Waals surface area contributed by atoms with Crippen molar-refractivity contribution >= 4 is 41.4 Å². The van der Waals surface area contributed by atoms with E-state index in [0.29, 0.717) is 22.6 Å². The summed E-state index contributed by atoms with van der Waals surface area (Å²) in [6.07, 6.45) is 2.35. The van der Waals surface area contributed by atoms with Gasteiger partial charge in [-0.2, -0.15) is 5.10 Å². The molecule has 0 fully saturated rings. The number of hydrazone groups is 1. The predicted molar refractivity (Wildman–Crippen MR) is 137 cm³/mol. The van der Waals surface area contributed by atoms with Crippen molar-refractivity contribution in [1.29, 1.82) is 0 Å². The van der Waals surface area contributed by atoms with E-state index in [-0.39, 0.29) is 16.3 Å². The van der Waals surface area contributed by atoms with Crippen LogP contribution in [0.4, 0.5) is 5.69 Å². The van der Waals surface area contributed by atoms with E-state index in [1.54, 1.807) is 48.5 Å². The highest BCUT2D eigenvalue weighted by Gasteiger charge is 2.19. The molecule has 3 aromatic carbocycles. The van der Waals surface area contributed by atoms with Crippen LogP contribution in [0.25, 0.3) is 6.08 Å². The normalized spacial score (nSPS) is 11.2. The van der Waals surface area contributed by atoms with Crippen LogP contribution in [0.5, 0.6) is 17.2 Å². The van der Waals surface area contributed by atoms with Crippen LogP contribution in [-0.4, -0.2) is 42.3 Å². The Morgan fingerprint density at radius 3 is 2.43 bits per heavy atom. The monoisotopic (exact) mass is 524 g/mol. The Morgan fingerprint density at radius 1 is 1.05 bits per heavy atom. The van der Waals surface area contributed by atoms with Gasteiger partial charge in [0.05, 0.1) is 25.4 Å². The quantitative estimate of drug-likeness (QED) is 0.166. The van der Waals surface area contributed by atoms with Crippen LogP contribution in [0, 0.1) is 10.1 Å². The van der Waals surface area contributed by atoms with Crippen molar-refractivity contribution in [3.05, 3.63) is 98.2 Å². The SMILES string of the molecule is COc1ccc(OC)c(/C=C(\NC(=O)c2ccccc2)C(=O)N/N=C/c2cc(Cl)cc([N+](=O)[O-])c2O)c1. The fourth-order valence-corrected chi connectivity index (χ4v) is 3.33. The molecule has 190 valence electrons. The minimum absolute atomic E-state index is 0.0156. The Morgan fingerprint density at radius 2 is 1.78 bits per heavy atom. The topological polar surface area (TPSA) is 152 Å². The third-order valence-corrected chi connectivity index (χ3v) is 5.13. The fraction of sp³-hybridized carbons (Fsp3) is 0.0800. The van der Waals surface area contributed by atoms with E-state index in [0.717, 1.165) is 12.3 Å². The van der Waals surface area contributed by atoms with Crippen molar-refractivity contribution in [2.45, 2.75) is 0 Å². The molecule has 0 radical (unpaired) electrons. The van der Waals surface area contributed by atoms with Crippen molar-refractivity contribution < 1.29 is 29.1 Å². The molecular weight excluding hydrogens is 504 g/mol.